The Morgan fingerprint density at radius 3 is 2.39 bits per heavy atom. The lowest BCUT2D eigenvalue weighted by atomic mass is 10.1. The van der Waals surface area contributed by atoms with Gasteiger partial charge in [-0.1, -0.05) is 24.3 Å². The highest BCUT2D eigenvalue weighted by Crippen LogP contribution is 2.28. The Bertz CT molecular complexity index is 1240. The molecule has 0 aliphatic carbocycles. The van der Waals surface area contributed by atoms with Crippen LogP contribution in [-0.2, 0) is 6.54 Å². The molecule has 0 atom stereocenters. The Morgan fingerprint density at radius 1 is 1.06 bits per heavy atom. The molecule has 0 saturated carbocycles. The van der Waals surface area contributed by atoms with Gasteiger partial charge in [0.25, 0.3) is 5.91 Å². The van der Waals surface area contributed by atoms with Crippen LogP contribution in [0.2, 0.25) is 0 Å². The third kappa shape index (κ3) is 3.99. The van der Waals surface area contributed by atoms with Crippen molar-refractivity contribution in [3.8, 4) is 11.1 Å². The maximum absolute atomic E-state index is 13.3. The maximum Gasteiger partial charge on any atom is 0.254 e. The first kappa shape index (κ1) is 20.5. The molecule has 0 aliphatic heterocycles. The van der Waals surface area contributed by atoms with E-state index < -0.39 is 0 Å². The van der Waals surface area contributed by atoms with Gasteiger partial charge in [0.05, 0.1) is 17.0 Å². The Labute approximate surface area is 180 Å². The number of carbonyl (C=O) groups is 1. The van der Waals surface area contributed by atoms with Crippen molar-refractivity contribution in [2.24, 2.45) is 0 Å². The van der Waals surface area contributed by atoms with Gasteiger partial charge in [-0.25, -0.2) is 13.9 Å². The number of carbonyl (C=O) groups excluding carboxylic acids is 1. The summed E-state index contributed by atoms with van der Waals surface area (Å²) in [5.41, 5.74) is 6.34. The summed E-state index contributed by atoms with van der Waals surface area (Å²) >= 11 is 0. The van der Waals surface area contributed by atoms with Gasteiger partial charge < -0.3 is 10.2 Å². The minimum Gasteiger partial charge on any atom is -0.378 e. The summed E-state index contributed by atoms with van der Waals surface area (Å²) < 4.78 is 15.0. The Morgan fingerprint density at radius 2 is 1.74 bits per heavy atom. The van der Waals surface area contributed by atoms with E-state index in [0.717, 1.165) is 28.1 Å². The zero-order valence-corrected chi connectivity index (χ0v) is 18.0. The fourth-order valence-electron chi connectivity index (χ4n) is 3.57. The van der Waals surface area contributed by atoms with Crippen molar-refractivity contribution in [3.05, 3.63) is 83.1 Å². The lowest BCUT2D eigenvalue weighted by Crippen LogP contribution is -2.24. The number of amides is 1. The summed E-state index contributed by atoms with van der Waals surface area (Å²) in [6, 6.07) is 14.3. The zero-order chi connectivity index (χ0) is 22.1. The second kappa shape index (κ2) is 8.18. The van der Waals surface area contributed by atoms with E-state index in [-0.39, 0.29) is 11.7 Å². The van der Waals surface area contributed by atoms with Crippen molar-refractivity contribution in [2.75, 3.05) is 19.0 Å². The van der Waals surface area contributed by atoms with Crippen LogP contribution in [0, 0.1) is 19.7 Å². The van der Waals surface area contributed by atoms with Gasteiger partial charge in [0.2, 0.25) is 0 Å². The normalized spacial score (nSPS) is 11.0. The lowest BCUT2D eigenvalue weighted by molar-refractivity contribution is 0.0949. The first-order valence-electron chi connectivity index (χ1n) is 10.0. The molecule has 6 nitrogen and oxygen atoms in total. The van der Waals surface area contributed by atoms with E-state index in [9.17, 15) is 9.18 Å². The molecule has 0 unspecified atom stereocenters. The fraction of sp³-hybridized carbons (Fsp3) is 0.208. The molecule has 0 bridgehead atoms. The van der Waals surface area contributed by atoms with Crippen molar-refractivity contribution in [1.29, 1.82) is 0 Å². The van der Waals surface area contributed by atoms with Crippen molar-refractivity contribution >= 4 is 17.2 Å². The molecule has 4 rings (SSSR count). The molecular formula is C24H24FN5O. The summed E-state index contributed by atoms with van der Waals surface area (Å²) in [5, 5.41) is 7.53. The SMILES string of the molecule is Cc1nn2c(C)c(C(=O)NCc3ccc(N(C)C)cc3)cnc2c1-c1ccc(F)cc1. The Kier molecular flexibility index (Phi) is 5.42. The quantitative estimate of drug-likeness (QED) is 0.530. The van der Waals surface area contributed by atoms with E-state index in [0.29, 0.717) is 23.4 Å². The number of nitrogens with zero attached hydrogens (tertiary/aromatic N) is 4. The third-order valence-corrected chi connectivity index (χ3v) is 5.34. The summed E-state index contributed by atoms with van der Waals surface area (Å²) in [4.78, 5) is 19.4. The number of halogens is 1. The fourth-order valence-corrected chi connectivity index (χ4v) is 3.57. The molecule has 0 spiro atoms. The number of hydrogen-bond acceptors (Lipinski definition) is 4. The van der Waals surface area contributed by atoms with Crippen LogP contribution >= 0.6 is 0 Å². The molecular weight excluding hydrogens is 393 g/mol. The molecule has 0 aliphatic rings. The summed E-state index contributed by atoms with van der Waals surface area (Å²) in [6.45, 7) is 4.14. The van der Waals surface area contributed by atoms with E-state index in [4.69, 9.17) is 0 Å². The maximum atomic E-state index is 13.3. The van der Waals surface area contributed by atoms with Crippen molar-refractivity contribution < 1.29 is 9.18 Å². The van der Waals surface area contributed by atoms with Gasteiger partial charge in [0.15, 0.2) is 5.65 Å². The number of benzene rings is 2. The Hall–Kier alpha value is -3.74. The van der Waals surface area contributed by atoms with E-state index >= 15 is 0 Å². The Balaban J connectivity index is 1.59. The molecule has 31 heavy (non-hydrogen) atoms. The number of rotatable bonds is 5. The first-order valence-corrected chi connectivity index (χ1v) is 10.0. The van der Waals surface area contributed by atoms with Gasteiger partial charge in [-0.05, 0) is 49.2 Å². The number of fused-ring (bicyclic) bond motifs is 1. The highest BCUT2D eigenvalue weighted by Gasteiger charge is 2.18. The molecule has 0 fully saturated rings. The van der Waals surface area contributed by atoms with E-state index in [2.05, 4.69) is 15.4 Å². The monoisotopic (exact) mass is 417 g/mol. The molecule has 4 aromatic rings. The smallest absolute Gasteiger partial charge is 0.254 e. The molecule has 2 aromatic heterocycles. The number of aryl methyl sites for hydroxylation is 2. The van der Waals surface area contributed by atoms with Gasteiger partial charge >= 0.3 is 0 Å². The third-order valence-electron chi connectivity index (χ3n) is 5.34. The molecule has 0 radical (unpaired) electrons. The van der Waals surface area contributed by atoms with Crippen LogP contribution in [-0.4, -0.2) is 34.6 Å². The lowest BCUT2D eigenvalue weighted by Gasteiger charge is -2.13. The second-order valence-electron chi connectivity index (χ2n) is 7.70. The van der Waals surface area contributed by atoms with Crippen LogP contribution in [0.5, 0.6) is 0 Å². The van der Waals surface area contributed by atoms with E-state index in [1.807, 2.05) is 57.1 Å². The predicted octanol–water partition coefficient (Wildman–Crippen LogP) is 4.15. The topological polar surface area (TPSA) is 62.5 Å². The number of nitrogens with one attached hydrogen (secondary N) is 1. The van der Waals surface area contributed by atoms with Gasteiger partial charge in [-0.2, -0.15) is 5.10 Å². The van der Waals surface area contributed by atoms with E-state index in [1.165, 1.54) is 12.1 Å². The predicted molar refractivity (Wildman–Crippen MR) is 120 cm³/mol. The molecule has 1 amide bonds. The molecule has 2 aromatic carbocycles. The molecule has 158 valence electrons. The average molecular weight is 417 g/mol. The number of aromatic nitrogens is 3. The summed E-state index contributed by atoms with van der Waals surface area (Å²) in [5.74, 6) is -0.502. The average Bonchev–Trinajstić information content (AvgIpc) is 3.10. The van der Waals surface area contributed by atoms with Crippen LogP contribution in [0.4, 0.5) is 10.1 Å². The minimum absolute atomic E-state index is 0.208. The largest absolute Gasteiger partial charge is 0.378 e. The minimum atomic E-state index is -0.294. The van der Waals surface area contributed by atoms with Crippen molar-refractivity contribution in [3.63, 3.8) is 0 Å². The van der Waals surface area contributed by atoms with Gasteiger partial charge in [0, 0.05) is 38.1 Å². The zero-order valence-electron chi connectivity index (χ0n) is 18.0. The van der Waals surface area contributed by atoms with Crippen LogP contribution in [0.25, 0.3) is 16.8 Å². The van der Waals surface area contributed by atoms with Gasteiger partial charge in [-0.3, -0.25) is 4.79 Å². The number of hydrogen-bond donors (Lipinski definition) is 1. The van der Waals surface area contributed by atoms with Crippen LogP contribution < -0.4 is 10.2 Å². The summed E-state index contributed by atoms with van der Waals surface area (Å²) in [7, 11) is 3.97. The van der Waals surface area contributed by atoms with Crippen molar-refractivity contribution in [1.82, 2.24) is 19.9 Å². The second-order valence-corrected chi connectivity index (χ2v) is 7.70. The summed E-state index contributed by atoms with van der Waals surface area (Å²) in [6.07, 6.45) is 1.57. The molecule has 0 saturated heterocycles. The molecule has 1 N–H and O–H groups in total. The van der Waals surface area contributed by atoms with Gasteiger partial charge in [-0.15, -0.1) is 0 Å². The van der Waals surface area contributed by atoms with E-state index in [1.54, 1.807) is 22.8 Å². The standard InChI is InChI=1S/C24H24FN5O/c1-15-22(18-7-9-19(25)10-8-18)23-26-14-21(16(2)30(23)28-15)24(31)27-13-17-5-11-20(12-6-17)29(3)4/h5-12,14H,13H2,1-4H3,(H,27,31). The first-order chi connectivity index (χ1) is 14.8. The molecule has 7 heteroatoms. The highest BCUT2D eigenvalue weighted by molar-refractivity contribution is 5.95. The van der Waals surface area contributed by atoms with Crippen LogP contribution in [0.3, 0.4) is 0 Å². The highest BCUT2D eigenvalue weighted by atomic mass is 19.1. The van der Waals surface area contributed by atoms with Crippen LogP contribution in [0.1, 0.15) is 27.3 Å². The molecule has 2 heterocycles. The van der Waals surface area contributed by atoms with Crippen molar-refractivity contribution in [2.45, 2.75) is 20.4 Å². The van der Waals surface area contributed by atoms with Crippen LogP contribution in [0.15, 0.2) is 54.7 Å². The van der Waals surface area contributed by atoms with Gasteiger partial charge in [0.1, 0.15) is 5.82 Å². The number of anilines is 1.